The fraction of sp³-hybridized carbons (Fsp3) is 0.909. The summed E-state index contributed by atoms with van der Waals surface area (Å²) < 4.78 is 0. The standard InChI is InChI=1S/C11H21NO/c1-8(2)9-6-12(7-9)10(13)11(3,4)5/h8-9H,6-7H2,1-5H3. The Bertz CT molecular complexity index is 197. The van der Waals surface area contributed by atoms with Crippen molar-refractivity contribution in [3.63, 3.8) is 0 Å². The van der Waals surface area contributed by atoms with E-state index in [4.69, 9.17) is 0 Å². The molecular formula is C11H21NO. The molecule has 0 aromatic carbocycles. The van der Waals surface area contributed by atoms with E-state index in [0.717, 1.165) is 19.0 Å². The van der Waals surface area contributed by atoms with Gasteiger partial charge in [-0.3, -0.25) is 4.79 Å². The molecule has 0 bridgehead atoms. The summed E-state index contributed by atoms with van der Waals surface area (Å²) in [7, 11) is 0. The van der Waals surface area contributed by atoms with Gasteiger partial charge in [0, 0.05) is 18.5 Å². The van der Waals surface area contributed by atoms with Crippen molar-refractivity contribution in [3.8, 4) is 0 Å². The van der Waals surface area contributed by atoms with Crippen LogP contribution in [0.1, 0.15) is 34.6 Å². The molecule has 0 unspecified atom stereocenters. The molecule has 1 aliphatic heterocycles. The van der Waals surface area contributed by atoms with E-state index in [9.17, 15) is 4.79 Å². The maximum Gasteiger partial charge on any atom is 0.227 e. The van der Waals surface area contributed by atoms with E-state index in [1.54, 1.807) is 0 Å². The molecule has 0 aliphatic carbocycles. The zero-order chi connectivity index (χ0) is 10.2. The molecule has 2 nitrogen and oxygen atoms in total. The van der Waals surface area contributed by atoms with Gasteiger partial charge < -0.3 is 4.90 Å². The Morgan fingerprint density at radius 2 is 1.77 bits per heavy atom. The lowest BCUT2D eigenvalue weighted by Gasteiger charge is -2.44. The third-order valence-corrected chi connectivity index (χ3v) is 2.78. The van der Waals surface area contributed by atoms with E-state index in [1.807, 2.05) is 25.7 Å². The van der Waals surface area contributed by atoms with Crippen LogP contribution in [0, 0.1) is 17.3 Å². The predicted molar refractivity (Wildman–Crippen MR) is 54.4 cm³/mol. The summed E-state index contributed by atoms with van der Waals surface area (Å²) in [6.07, 6.45) is 0. The Hall–Kier alpha value is -0.530. The monoisotopic (exact) mass is 183 g/mol. The molecule has 1 amide bonds. The second kappa shape index (κ2) is 3.32. The summed E-state index contributed by atoms with van der Waals surface area (Å²) in [5, 5.41) is 0. The summed E-state index contributed by atoms with van der Waals surface area (Å²) in [4.78, 5) is 13.7. The van der Waals surface area contributed by atoms with Gasteiger partial charge in [-0.1, -0.05) is 34.6 Å². The van der Waals surface area contributed by atoms with Crippen LogP contribution in [-0.2, 0) is 4.79 Å². The van der Waals surface area contributed by atoms with Crippen LogP contribution in [0.5, 0.6) is 0 Å². The van der Waals surface area contributed by atoms with Crippen LogP contribution in [-0.4, -0.2) is 23.9 Å². The second-order valence-electron chi connectivity index (χ2n) is 5.46. The maximum atomic E-state index is 11.7. The van der Waals surface area contributed by atoms with Crippen molar-refractivity contribution in [1.29, 1.82) is 0 Å². The first-order chi connectivity index (χ1) is 5.82. The minimum atomic E-state index is -0.206. The lowest BCUT2D eigenvalue weighted by Crippen LogP contribution is -2.55. The van der Waals surface area contributed by atoms with Crippen LogP contribution >= 0.6 is 0 Å². The first kappa shape index (κ1) is 10.6. The van der Waals surface area contributed by atoms with Gasteiger partial charge in [-0.05, 0) is 11.8 Å². The zero-order valence-electron chi connectivity index (χ0n) is 9.42. The number of hydrogen-bond donors (Lipinski definition) is 0. The molecule has 0 aromatic rings. The number of rotatable bonds is 1. The normalized spacial score (nSPS) is 19.1. The highest BCUT2D eigenvalue weighted by atomic mass is 16.2. The maximum absolute atomic E-state index is 11.7. The molecule has 0 atom stereocenters. The number of amides is 1. The summed E-state index contributed by atoms with van der Waals surface area (Å²) in [5.74, 6) is 1.74. The minimum absolute atomic E-state index is 0.206. The van der Waals surface area contributed by atoms with E-state index in [-0.39, 0.29) is 5.41 Å². The van der Waals surface area contributed by atoms with Crippen LogP contribution in [0.15, 0.2) is 0 Å². The number of carbonyl (C=O) groups is 1. The largest absolute Gasteiger partial charge is 0.342 e. The molecule has 13 heavy (non-hydrogen) atoms. The van der Waals surface area contributed by atoms with E-state index >= 15 is 0 Å². The summed E-state index contributed by atoms with van der Waals surface area (Å²) in [5.41, 5.74) is -0.206. The van der Waals surface area contributed by atoms with Gasteiger partial charge in [-0.2, -0.15) is 0 Å². The average molecular weight is 183 g/mol. The molecule has 0 saturated carbocycles. The van der Waals surface area contributed by atoms with Gasteiger partial charge in [0.25, 0.3) is 0 Å². The molecule has 1 saturated heterocycles. The zero-order valence-corrected chi connectivity index (χ0v) is 9.42. The third kappa shape index (κ3) is 2.23. The first-order valence-electron chi connectivity index (χ1n) is 5.11. The predicted octanol–water partition coefficient (Wildman–Crippen LogP) is 2.15. The van der Waals surface area contributed by atoms with Crippen LogP contribution in [0.25, 0.3) is 0 Å². The average Bonchev–Trinajstić information content (AvgIpc) is 1.80. The van der Waals surface area contributed by atoms with Gasteiger partial charge >= 0.3 is 0 Å². The lowest BCUT2D eigenvalue weighted by molar-refractivity contribution is -0.147. The minimum Gasteiger partial charge on any atom is -0.342 e. The van der Waals surface area contributed by atoms with Crippen molar-refractivity contribution in [3.05, 3.63) is 0 Å². The van der Waals surface area contributed by atoms with Gasteiger partial charge in [0.2, 0.25) is 5.91 Å². The Morgan fingerprint density at radius 3 is 2.08 bits per heavy atom. The van der Waals surface area contributed by atoms with Crippen LogP contribution in [0.3, 0.4) is 0 Å². The van der Waals surface area contributed by atoms with Crippen molar-refractivity contribution in [2.75, 3.05) is 13.1 Å². The third-order valence-electron chi connectivity index (χ3n) is 2.78. The quantitative estimate of drug-likeness (QED) is 0.610. The van der Waals surface area contributed by atoms with Gasteiger partial charge in [0.15, 0.2) is 0 Å². The van der Waals surface area contributed by atoms with Crippen molar-refractivity contribution in [2.24, 2.45) is 17.3 Å². The molecule has 0 N–H and O–H groups in total. The molecule has 1 fully saturated rings. The number of carbonyl (C=O) groups excluding carboxylic acids is 1. The summed E-state index contributed by atoms with van der Waals surface area (Å²) >= 11 is 0. The van der Waals surface area contributed by atoms with E-state index in [1.165, 1.54) is 0 Å². The molecular weight excluding hydrogens is 162 g/mol. The Labute approximate surface area is 81.3 Å². The van der Waals surface area contributed by atoms with E-state index < -0.39 is 0 Å². The first-order valence-corrected chi connectivity index (χ1v) is 5.11. The highest BCUT2D eigenvalue weighted by Crippen LogP contribution is 2.28. The summed E-state index contributed by atoms with van der Waals surface area (Å²) in [6, 6.07) is 0. The molecule has 1 aliphatic rings. The molecule has 0 radical (unpaired) electrons. The Balaban J connectivity index is 2.40. The smallest absolute Gasteiger partial charge is 0.227 e. The van der Waals surface area contributed by atoms with Gasteiger partial charge in [-0.15, -0.1) is 0 Å². The van der Waals surface area contributed by atoms with Crippen molar-refractivity contribution in [1.82, 2.24) is 4.90 Å². The lowest BCUT2D eigenvalue weighted by atomic mass is 9.85. The van der Waals surface area contributed by atoms with Crippen LogP contribution in [0.4, 0.5) is 0 Å². The topological polar surface area (TPSA) is 20.3 Å². The van der Waals surface area contributed by atoms with Crippen molar-refractivity contribution < 1.29 is 4.79 Å². The van der Waals surface area contributed by atoms with Gasteiger partial charge in [-0.25, -0.2) is 0 Å². The molecule has 1 heterocycles. The Kier molecular flexibility index (Phi) is 2.69. The molecule has 76 valence electrons. The Morgan fingerprint density at radius 1 is 1.31 bits per heavy atom. The number of hydrogen-bond acceptors (Lipinski definition) is 1. The number of nitrogens with zero attached hydrogens (tertiary/aromatic N) is 1. The van der Waals surface area contributed by atoms with E-state index in [0.29, 0.717) is 11.8 Å². The van der Waals surface area contributed by atoms with Crippen molar-refractivity contribution in [2.45, 2.75) is 34.6 Å². The molecule has 0 spiro atoms. The highest BCUT2D eigenvalue weighted by molar-refractivity contribution is 5.82. The van der Waals surface area contributed by atoms with Gasteiger partial charge in [0.1, 0.15) is 0 Å². The molecule has 1 rings (SSSR count). The fourth-order valence-electron chi connectivity index (χ4n) is 1.57. The fourth-order valence-corrected chi connectivity index (χ4v) is 1.57. The van der Waals surface area contributed by atoms with E-state index in [2.05, 4.69) is 13.8 Å². The molecule has 2 heteroatoms. The second-order valence-corrected chi connectivity index (χ2v) is 5.46. The molecule has 0 aromatic heterocycles. The number of likely N-dealkylation sites (tertiary alicyclic amines) is 1. The SMILES string of the molecule is CC(C)C1CN(C(=O)C(C)(C)C)C1. The van der Waals surface area contributed by atoms with Crippen molar-refractivity contribution >= 4 is 5.91 Å². The van der Waals surface area contributed by atoms with Crippen LogP contribution in [0.2, 0.25) is 0 Å². The van der Waals surface area contributed by atoms with Gasteiger partial charge in [0.05, 0.1) is 0 Å². The highest BCUT2D eigenvalue weighted by Gasteiger charge is 2.36. The summed E-state index contributed by atoms with van der Waals surface area (Å²) in [6.45, 7) is 12.3. The van der Waals surface area contributed by atoms with Crippen LogP contribution < -0.4 is 0 Å².